The van der Waals surface area contributed by atoms with E-state index in [-0.39, 0.29) is 17.8 Å². The zero-order valence-electron chi connectivity index (χ0n) is 11.9. The van der Waals surface area contributed by atoms with Crippen LogP contribution in [-0.2, 0) is 12.6 Å². The van der Waals surface area contributed by atoms with Crippen molar-refractivity contribution in [1.82, 2.24) is 5.32 Å². The Balaban J connectivity index is 2.18. The number of nitrogens with one attached hydrogen (secondary N) is 1. The maximum absolute atomic E-state index is 13.3. The molecule has 0 bridgehead atoms. The van der Waals surface area contributed by atoms with E-state index in [4.69, 9.17) is 24.8 Å². The number of hydrogen-bond acceptors (Lipinski definition) is 3. The summed E-state index contributed by atoms with van der Waals surface area (Å²) in [5, 5.41) is 12.8. The first kappa shape index (κ1) is 15.5. The summed E-state index contributed by atoms with van der Waals surface area (Å²) in [6.07, 6.45) is 3.77. The smallest absolute Gasteiger partial charge is 0.219 e. The van der Waals surface area contributed by atoms with Crippen molar-refractivity contribution < 1.29 is 8.96 Å². The molecule has 114 valence electrons. The van der Waals surface area contributed by atoms with Gasteiger partial charge in [-0.05, 0) is 17.7 Å². The summed E-state index contributed by atoms with van der Waals surface area (Å²) in [6.45, 7) is 0. The first-order chi connectivity index (χ1) is 11.1. The number of benzene rings is 1. The van der Waals surface area contributed by atoms with Crippen molar-refractivity contribution in [2.24, 2.45) is 0 Å². The highest BCUT2D eigenvalue weighted by Crippen LogP contribution is 2.37. The lowest BCUT2D eigenvalue weighted by Crippen LogP contribution is -2.52. The van der Waals surface area contributed by atoms with Crippen molar-refractivity contribution in [2.75, 3.05) is 0 Å². The average molecular weight is 341 g/mol. The van der Waals surface area contributed by atoms with Gasteiger partial charge in [0, 0.05) is 17.7 Å². The number of rotatable bonds is 2. The van der Waals surface area contributed by atoms with Crippen LogP contribution >= 0.6 is 12.2 Å². The first-order valence-corrected chi connectivity index (χ1v) is 7.77. The molecule has 1 aromatic heterocycles. The Morgan fingerprint density at radius 3 is 2.43 bits per heavy atom. The van der Waals surface area contributed by atoms with E-state index in [1.807, 2.05) is 35.2 Å². The highest BCUT2D eigenvalue weighted by molar-refractivity contribution is 7.80. The van der Waals surface area contributed by atoms with Crippen LogP contribution in [0.5, 0.6) is 0 Å². The third kappa shape index (κ3) is 2.93. The van der Waals surface area contributed by atoms with E-state index in [9.17, 15) is 9.65 Å². The second-order valence-electron chi connectivity index (χ2n) is 5.14. The lowest BCUT2D eigenvalue weighted by Gasteiger charge is -2.34. The van der Waals surface area contributed by atoms with E-state index in [1.165, 1.54) is 12.1 Å². The summed E-state index contributed by atoms with van der Waals surface area (Å²) in [4.78, 5) is 0.541. The van der Waals surface area contributed by atoms with Crippen LogP contribution in [0, 0.1) is 17.1 Å². The van der Waals surface area contributed by atoms with E-state index >= 15 is 0 Å². The van der Waals surface area contributed by atoms with Crippen LogP contribution in [0.3, 0.4) is 0 Å². The highest BCUT2D eigenvalue weighted by Gasteiger charge is 2.40. The van der Waals surface area contributed by atoms with Crippen LogP contribution in [0.2, 0.25) is 0 Å². The van der Waals surface area contributed by atoms with E-state index in [1.54, 1.807) is 12.1 Å². The number of nitrogens with zero attached hydrogens (tertiary/aromatic N) is 2. The Hall–Kier alpha value is -2.36. The van der Waals surface area contributed by atoms with Crippen LogP contribution in [-0.4, -0.2) is 4.99 Å². The molecule has 2 heterocycles. The normalized spacial score (nSPS) is 20.8. The molecule has 23 heavy (non-hydrogen) atoms. The molecule has 1 aliphatic heterocycles. The monoisotopic (exact) mass is 341 g/mol. The molecule has 2 aromatic rings. The molecule has 0 radical (unpaired) electrons. The lowest BCUT2D eigenvalue weighted by molar-refractivity contribution is -0.708. The Labute approximate surface area is 144 Å². The Kier molecular flexibility index (Phi) is 4.33. The minimum Gasteiger partial charge on any atom is -0.761 e. The second-order valence-corrected chi connectivity index (χ2v) is 5.99. The molecule has 0 unspecified atom stereocenters. The Morgan fingerprint density at radius 1 is 1.17 bits per heavy atom. The minimum atomic E-state index is -0.353. The number of thiocarbonyl (C=S) groups is 1. The molecular weight excluding hydrogens is 329 g/mol. The van der Waals surface area contributed by atoms with Crippen molar-refractivity contribution >= 4 is 29.8 Å². The van der Waals surface area contributed by atoms with Gasteiger partial charge in [0.25, 0.3) is 0 Å². The molecule has 1 aromatic carbocycles. The predicted octanol–water partition coefficient (Wildman–Crippen LogP) is 2.65. The van der Waals surface area contributed by atoms with Crippen LogP contribution in [0.25, 0.3) is 0 Å². The number of nitriles is 1. The summed E-state index contributed by atoms with van der Waals surface area (Å²) >= 11 is 10.7. The Morgan fingerprint density at radius 2 is 1.83 bits per heavy atom. The number of allylic oxidation sites excluding steroid dienone is 1. The fraction of sp³-hybridized carbons (Fsp3) is 0.118. The van der Waals surface area contributed by atoms with Gasteiger partial charge in [-0.2, -0.15) is 9.83 Å². The number of pyridine rings is 1. The van der Waals surface area contributed by atoms with Crippen molar-refractivity contribution in [3.63, 3.8) is 0 Å². The van der Waals surface area contributed by atoms with Gasteiger partial charge in [-0.25, -0.2) is 4.39 Å². The van der Waals surface area contributed by atoms with E-state index in [2.05, 4.69) is 11.4 Å². The largest absolute Gasteiger partial charge is 0.761 e. The van der Waals surface area contributed by atoms with Crippen molar-refractivity contribution in [3.8, 4) is 6.07 Å². The van der Waals surface area contributed by atoms with Gasteiger partial charge in [0.2, 0.25) is 6.04 Å². The van der Waals surface area contributed by atoms with Gasteiger partial charge in [-0.15, -0.1) is 0 Å². The number of halogens is 1. The molecule has 3 rings (SSSR count). The molecule has 0 aliphatic carbocycles. The summed E-state index contributed by atoms with van der Waals surface area (Å²) in [5.41, 5.74) is 1.23. The third-order valence-corrected chi connectivity index (χ3v) is 4.45. The quantitative estimate of drug-likeness (QED) is 0.518. The van der Waals surface area contributed by atoms with Crippen molar-refractivity contribution in [3.05, 3.63) is 76.8 Å². The summed E-state index contributed by atoms with van der Waals surface area (Å²) < 4.78 is 15.2. The molecule has 1 aliphatic rings. The summed E-state index contributed by atoms with van der Waals surface area (Å²) in [5.74, 6) is -0.676. The lowest BCUT2D eigenvalue weighted by atomic mass is 9.83. The zero-order chi connectivity index (χ0) is 16.4. The maximum atomic E-state index is 13.3. The predicted molar refractivity (Wildman–Crippen MR) is 90.6 cm³/mol. The van der Waals surface area contributed by atoms with Gasteiger partial charge in [0.15, 0.2) is 12.4 Å². The van der Waals surface area contributed by atoms with Crippen LogP contribution in [0.15, 0.2) is 65.5 Å². The number of hydrogen-bond donors (Lipinski definition) is 1. The molecule has 0 saturated carbocycles. The standard InChI is InChI=1S/C17H12FN3S2/c18-12-6-4-11(5-7-12)14-13(10-19)16(22)20-17(23)15(14)21-8-2-1-3-9-21/h1-9,14-15H,(H-,20,22,23)/t14-,15+/m1/s1. The van der Waals surface area contributed by atoms with Gasteiger partial charge in [-0.1, -0.05) is 35.4 Å². The summed E-state index contributed by atoms with van der Waals surface area (Å²) in [7, 11) is 0. The zero-order valence-corrected chi connectivity index (χ0v) is 13.6. The first-order valence-electron chi connectivity index (χ1n) is 6.95. The van der Waals surface area contributed by atoms with Gasteiger partial charge < -0.3 is 17.9 Å². The number of aromatic nitrogens is 1. The van der Waals surface area contributed by atoms with Gasteiger partial charge >= 0.3 is 0 Å². The maximum Gasteiger partial charge on any atom is 0.219 e. The topological polar surface area (TPSA) is 39.7 Å². The van der Waals surface area contributed by atoms with Crippen molar-refractivity contribution in [2.45, 2.75) is 12.0 Å². The third-order valence-electron chi connectivity index (χ3n) is 3.79. The molecule has 1 N–H and O–H groups in total. The highest BCUT2D eigenvalue weighted by atomic mass is 32.1. The molecule has 6 heteroatoms. The van der Waals surface area contributed by atoms with Gasteiger partial charge in [0.05, 0.1) is 12.0 Å². The molecule has 0 spiro atoms. The molecular formula is C17H12FN3S2. The SMILES string of the molecule is N#CC1=C([S-])NC(=S)[C@@H]([n+]2ccccc2)[C@@H]1c1ccc(F)cc1. The molecule has 0 saturated heterocycles. The van der Waals surface area contributed by atoms with Gasteiger partial charge in [-0.3, -0.25) is 0 Å². The fourth-order valence-corrected chi connectivity index (χ4v) is 3.46. The second kappa shape index (κ2) is 6.41. The molecule has 3 nitrogen and oxygen atoms in total. The molecule has 0 fully saturated rings. The van der Waals surface area contributed by atoms with Gasteiger partial charge in [0.1, 0.15) is 10.8 Å². The average Bonchev–Trinajstić information content (AvgIpc) is 2.56. The fourth-order valence-electron chi connectivity index (χ4n) is 2.75. The van der Waals surface area contributed by atoms with E-state index in [0.29, 0.717) is 15.6 Å². The minimum absolute atomic E-state index is 0.294. The molecule has 0 amide bonds. The Bertz CT molecular complexity index is 810. The van der Waals surface area contributed by atoms with Crippen LogP contribution in [0.1, 0.15) is 17.5 Å². The summed E-state index contributed by atoms with van der Waals surface area (Å²) in [6, 6.07) is 13.7. The van der Waals surface area contributed by atoms with Crippen molar-refractivity contribution in [1.29, 1.82) is 5.26 Å². The van der Waals surface area contributed by atoms with E-state index in [0.717, 1.165) is 5.56 Å². The molecule has 2 atom stereocenters. The van der Waals surface area contributed by atoms with Crippen LogP contribution < -0.4 is 9.88 Å². The van der Waals surface area contributed by atoms with E-state index < -0.39 is 0 Å². The van der Waals surface area contributed by atoms with Crippen LogP contribution in [0.4, 0.5) is 4.39 Å².